The summed E-state index contributed by atoms with van der Waals surface area (Å²) in [5.74, 6) is 0.895. The molecular formula is C18H22ClNO. The minimum atomic E-state index is 0.578. The molecule has 1 N–H and O–H groups in total. The number of rotatable bonds is 7. The van der Waals surface area contributed by atoms with Crippen molar-refractivity contribution in [3.63, 3.8) is 0 Å². The highest BCUT2D eigenvalue weighted by atomic mass is 35.5. The van der Waals surface area contributed by atoms with Gasteiger partial charge < -0.3 is 10.1 Å². The van der Waals surface area contributed by atoms with Crippen molar-refractivity contribution in [3.05, 3.63) is 64.2 Å². The summed E-state index contributed by atoms with van der Waals surface area (Å²) in [6.45, 7) is 6.60. The molecule has 2 nitrogen and oxygen atoms in total. The summed E-state index contributed by atoms with van der Waals surface area (Å²) in [6.07, 6.45) is 1.11. The van der Waals surface area contributed by atoms with E-state index in [9.17, 15) is 0 Å². The average molecular weight is 304 g/mol. The molecule has 0 aromatic heterocycles. The van der Waals surface area contributed by atoms with Crippen LogP contribution in [0.25, 0.3) is 0 Å². The van der Waals surface area contributed by atoms with Gasteiger partial charge in [-0.2, -0.15) is 0 Å². The van der Waals surface area contributed by atoms with Crippen molar-refractivity contribution in [2.24, 2.45) is 0 Å². The molecule has 0 aliphatic carbocycles. The predicted molar refractivity (Wildman–Crippen MR) is 89.0 cm³/mol. The topological polar surface area (TPSA) is 21.3 Å². The molecule has 0 aliphatic heterocycles. The first-order valence-electron chi connectivity index (χ1n) is 7.37. The van der Waals surface area contributed by atoms with E-state index in [1.807, 2.05) is 30.3 Å². The van der Waals surface area contributed by atoms with Gasteiger partial charge in [0.2, 0.25) is 0 Å². The Kier molecular flexibility index (Phi) is 6.09. The number of halogens is 1. The van der Waals surface area contributed by atoms with Crippen LogP contribution < -0.4 is 10.1 Å². The Morgan fingerprint density at radius 1 is 1.10 bits per heavy atom. The van der Waals surface area contributed by atoms with Crippen molar-refractivity contribution >= 4 is 11.6 Å². The monoisotopic (exact) mass is 303 g/mol. The Morgan fingerprint density at radius 3 is 2.67 bits per heavy atom. The van der Waals surface area contributed by atoms with E-state index in [1.54, 1.807) is 0 Å². The number of hydrogen-bond donors (Lipinski definition) is 1. The molecule has 0 heterocycles. The Morgan fingerprint density at radius 2 is 1.90 bits per heavy atom. The summed E-state index contributed by atoms with van der Waals surface area (Å²) in [6, 6.07) is 14.1. The molecule has 0 amide bonds. The van der Waals surface area contributed by atoms with Crippen molar-refractivity contribution in [3.8, 4) is 5.75 Å². The fourth-order valence-electron chi connectivity index (χ4n) is 2.15. The second-order valence-electron chi connectivity index (χ2n) is 5.14. The van der Waals surface area contributed by atoms with Crippen LogP contribution in [0.2, 0.25) is 5.02 Å². The lowest BCUT2D eigenvalue weighted by atomic mass is 10.1. The van der Waals surface area contributed by atoms with Crippen LogP contribution >= 0.6 is 11.6 Å². The first-order chi connectivity index (χ1) is 10.2. The quantitative estimate of drug-likeness (QED) is 0.747. The molecule has 2 rings (SSSR count). The van der Waals surface area contributed by atoms with Crippen LogP contribution in [-0.2, 0) is 13.2 Å². The molecule has 0 unspecified atom stereocenters. The molecule has 0 atom stereocenters. The minimum absolute atomic E-state index is 0.578. The van der Waals surface area contributed by atoms with Crippen LogP contribution in [0.5, 0.6) is 5.75 Å². The van der Waals surface area contributed by atoms with Gasteiger partial charge in [0.15, 0.2) is 0 Å². The van der Waals surface area contributed by atoms with Crippen LogP contribution in [0.3, 0.4) is 0 Å². The maximum atomic E-state index is 6.09. The highest BCUT2D eigenvalue weighted by Crippen LogP contribution is 2.24. The van der Waals surface area contributed by atoms with E-state index in [0.717, 1.165) is 35.8 Å². The molecule has 0 spiro atoms. The van der Waals surface area contributed by atoms with Crippen LogP contribution in [0.4, 0.5) is 0 Å². The zero-order valence-corrected chi connectivity index (χ0v) is 13.4. The van der Waals surface area contributed by atoms with Crippen LogP contribution in [0, 0.1) is 6.92 Å². The summed E-state index contributed by atoms with van der Waals surface area (Å²) >= 11 is 6.09. The molecule has 0 aliphatic rings. The largest absolute Gasteiger partial charge is 0.489 e. The number of nitrogens with one attached hydrogen (secondary N) is 1. The molecule has 0 radical (unpaired) electrons. The molecular weight excluding hydrogens is 282 g/mol. The number of benzene rings is 2. The van der Waals surface area contributed by atoms with Gasteiger partial charge in [0, 0.05) is 17.1 Å². The van der Waals surface area contributed by atoms with E-state index in [2.05, 4.69) is 31.3 Å². The number of ether oxygens (including phenoxy) is 1. The van der Waals surface area contributed by atoms with Gasteiger partial charge in [-0.05, 0) is 49.2 Å². The van der Waals surface area contributed by atoms with Gasteiger partial charge in [0.25, 0.3) is 0 Å². The molecule has 2 aromatic carbocycles. The lowest BCUT2D eigenvalue weighted by Crippen LogP contribution is -2.14. The normalized spacial score (nSPS) is 10.6. The second-order valence-corrected chi connectivity index (χ2v) is 5.58. The molecule has 0 saturated carbocycles. The summed E-state index contributed by atoms with van der Waals surface area (Å²) in [4.78, 5) is 0. The van der Waals surface area contributed by atoms with Crippen molar-refractivity contribution in [1.29, 1.82) is 0 Å². The molecule has 0 fully saturated rings. The fraction of sp³-hybridized carbons (Fsp3) is 0.333. The summed E-state index contributed by atoms with van der Waals surface area (Å²) < 4.78 is 5.99. The molecule has 2 aromatic rings. The van der Waals surface area contributed by atoms with Gasteiger partial charge in [-0.15, -0.1) is 0 Å². The SMILES string of the molecule is CCCNCc1cc(Cl)ccc1OCc1ccccc1C. The number of aryl methyl sites for hydroxylation is 1. The van der Waals surface area contributed by atoms with Crippen molar-refractivity contribution < 1.29 is 4.74 Å². The third-order valence-corrected chi connectivity index (χ3v) is 3.64. The minimum Gasteiger partial charge on any atom is -0.489 e. The average Bonchev–Trinajstić information content (AvgIpc) is 2.48. The molecule has 0 saturated heterocycles. The Labute approximate surface area is 132 Å². The smallest absolute Gasteiger partial charge is 0.124 e. The second kappa shape index (κ2) is 8.06. The van der Waals surface area contributed by atoms with Gasteiger partial charge in [-0.3, -0.25) is 0 Å². The Hall–Kier alpha value is -1.51. The first kappa shape index (κ1) is 15.9. The van der Waals surface area contributed by atoms with E-state index in [1.165, 1.54) is 11.1 Å². The molecule has 21 heavy (non-hydrogen) atoms. The van der Waals surface area contributed by atoms with Gasteiger partial charge in [0.1, 0.15) is 12.4 Å². The third-order valence-electron chi connectivity index (χ3n) is 3.41. The first-order valence-corrected chi connectivity index (χ1v) is 7.75. The predicted octanol–water partition coefficient (Wildman–Crippen LogP) is 4.73. The van der Waals surface area contributed by atoms with Gasteiger partial charge in [-0.25, -0.2) is 0 Å². The van der Waals surface area contributed by atoms with E-state index in [4.69, 9.17) is 16.3 Å². The maximum absolute atomic E-state index is 6.09. The maximum Gasteiger partial charge on any atom is 0.124 e. The fourth-order valence-corrected chi connectivity index (χ4v) is 2.35. The summed E-state index contributed by atoms with van der Waals surface area (Å²) in [7, 11) is 0. The highest BCUT2D eigenvalue weighted by Gasteiger charge is 2.06. The van der Waals surface area contributed by atoms with Crippen LogP contribution in [0.15, 0.2) is 42.5 Å². The molecule has 112 valence electrons. The van der Waals surface area contributed by atoms with Crippen LogP contribution in [0.1, 0.15) is 30.0 Å². The van der Waals surface area contributed by atoms with Crippen molar-refractivity contribution in [1.82, 2.24) is 5.32 Å². The highest BCUT2D eigenvalue weighted by molar-refractivity contribution is 6.30. The van der Waals surface area contributed by atoms with Crippen molar-refractivity contribution in [2.45, 2.75) is 33.4 Å². The summed E-state index contributed by atoms with van der Waals surface area (Å²) in [5, 5.41) is 4.13. The zero-order chi connectivity index (χ0) is 15.1. The van der Waals surface area contributed by atoms with Gasteiger partial charge in [0.05, 0.1) is 0 Å². The van der Waals surface area contributed by atoms with E-state index in [0.29, 0.717) is 6.61 Å². The lowest BCUT2D eigenvalue weighted by molar-refractivity contribution is 0.301. The Balaban J connectivity index is 2.06. The van der Waals surface area contributed by atoms with Crippen LogP contribution in [-0.4, -0.2) is 6.54 Å². The van der Waals surface area contributed by atoms with Gasteiger partial charge in [-0.1, -0.05) is 42.8 Å². The molecule has 3 heteroatoms. The summed E-state index contributed by atoms with van der Waals surface area (Å²) in [5.41, 5.74) is 3.56. The Bertz CT molecular complexity index is 583. The zero-order valence-electron chi connectivity index (χ0n) is 12.7. The van der Waals surface area contributed by atoms with Crippen molar-refractivity contribution in [2.75, 3.05) is 6.54 Å². The molecule has 0 bridgehead atoms. The lowest BCUT2D eigenvalue weighted by Gasteiger charge is -2.13. The van der Waals surface area contributed by atoms with E-state index in [-0.39, 0.29) is 0 Å². The van der Waals surface area contributed by atoms with E-state index < -0.39 is 0 Å². The standard InChI is InChI=1S/C18H22ClNO/c1-3-10-20-12-16-11-17(19)8-9-18(16)21-13-15-7-5-4-6-14(15)2/h4-9,11,20H,3,10,12-13H2,1-2H3. The van der Waals surface area contributed by atoms with E-state index >= 15 is 0 Å². The third kappa shape index (κ3) is 4.76. The van der Waals surface area contributed by atoms with Gasteiger partial charge >= 0.3 is 0 Å². The number of hydrogen-bond acceptors (Lipinski definition) is 2.